The molecule has 0 saturated carbocycles. The summed E-state index contributed by atoms with van der Waals surface area (Å²) in [5.74, 6) is 0.0474. The third-order valence-electron chi connectivity index (χ3n) is 3.88. The number of nitro benzene ring substituents is 1. The summed E-state index contributed by atoms with van der Waals surface area (Å²) in [7, 11) is 0. The second-order valence-electron chi connectivity index (χ2n) is 5.29. The number of benzene rings is 1. The Morgan fingerprint density at radius 1 is 1.46 bits per heavy atom. The van der Waals surface area contributed by atoms with E-state index < -0.39 is 16.4 Å². The first kappa shape index (κ1) is 16.4. The molecule has 0 aliphatic carbocycles. The zero-order valence-electron chi connectivity index (χ0n) is 13.3. The SMILES string of the molecule is CCN1CN(c2ccc(F)c([N+](=O)[O-])c2)Cc2cnc(SC)nc21. The largest absolute Gasteiger partial charge is 0.349 e. The van der Waals surface area contributed by atoms with Crippen molar-refractivity contribution in [2.75, 3.05) is 29.3 Å². The highest BCUT2D eigenvalue weighted by Crippen LogP contribution is 2.31. The zero-order chi connectivity index (χ0) is 17.3. The molecule has 0 radical (unpaired) electrons. The van der Waals surface area contributed by atoms with Crippen LogP contribution >= 0.6 is 11.8 Å². The Balaban J connectivity index is 1.97. The molecule has 0 bridgehead atoms. The average molecular weight is 349 g/mol. The fourth-order valence-electron chi connectivity index (χ4n) is 2.65. The molecule has 2 aromatic rings. The molecule has 7 nitrogen and oxygen atoms in total. The highest BCUT2D eigenvalue weighted by atomic mass is 32.2. The first-order valence-electron chi connectivity index (χ1n) is 7.37. The van der Waals surface area contributed by atoms with Gasteiger partial charge in [-0.3, -0.25) is 10.1 Å². The molecule has 1 aliphatic heterocycles. The molecule has 2 heterocycles. The van der Waals surface area contributed by atoms with Crippen molar-refractivity contribution in [2.24, 2.45) is 0 Å². The van der Waals surface area contributed by atoms with Gasteiger partial charge in [-0.05, 0) is 25.3 Å². The molecule has 0 unspecified atom stereocenters. The zero-order valence-corrected chi connectivity index (χ0v) is 14.1. The topological polar surface area (TPSA) is 75.4 Å². The fraction of sp³-hybridized carbons (Fsp3) is 0.333. The van der Waals surface area contributed by atoms with Crippen molar-refractivity contribution in [1.29, 1.82) is 0 Å². The number of hydrogen-bond acceptors (Lipinski definition) is 7. The highest BCUT2D eigenvalue weighted by molar-refractivity contribution is 7.98. The van der Waals surface area contributed by atoms with Crippen LogP contribution in [0.1, 0.15) is 12.5 Å². The Bertz CT molecular complexity index is 788. The number of aromatic nitrogens is 2. The number of thioether (sulfide) groups is 1. The summed E-state index contributed by atoms with van der Waals surface area (Å²) in [5, 5.41) is 11.7. The van der Waals surface area contributed by atoms with Crippen molar-refractivity contribution in [2.45, 2.75) is 18.6 Å². The van der Waals surface area contributed by atoms with E-state index in [0.29, 0.717) is 24.1 Å². The van der Waals surface area contributed by atoms with Crippen molar-refractivity contribution in [3.63, 3.8) is 0 Å². The van der Waals surface area contributed by atoms with Gasteiger partial charge in [-0.2, -0.15) is 4.39 Å². The van der Waals surface area contributed by atoms with Crippen LogP contribution in [0.4, 0.5) is 21.6 Å². The summed E-state index contributed by atoms with van der Waals surface area (Å²) < 4.78 is 13.6. The summed E-state index contributed by atoms with van der Waals surface area (Å²) in [5.41, 5.74) is 1.02. The van der Waals surface area contributed by atoms with Crippen LogP contribution in [-0.2, 0) is 6.54 Å². The molecule has 24 heavy (non-hydrogen) atoms. The van der Waals surface area contributed by atoms with Gasteiger partial charge in [-0.15, -0.1) is 0 Å². The lowest BCUT2D eigenvalue weighted by Crippen LogP contribution is -2.43. The number of nitro groups is 1. The second kappa shape index (κ2) is 6.60. The predicted octanol–water partition coefficient (Wildman–Crippen LogP) is 3.05. The van der Waals surface area contributed by atoms with E-state index in [1.165, 1.54) is 17.8 Å². The van der Waals surface area contributed by atoms with E-state index in [4.69, 9.17) is 0 Å². The lowest BCUT2D eigenvalue weighted by Gasteiger charge is -2.38. The summed E-state index contributed by atoms with van der Waals surface area (Å²) >= 11 is 1.48. The number of anilines is 2. The summed E-state index contributed by atoms with van der Waals surface area (Å²) in [6.45, 7) is 3.79. The normalized spacial score (nSPS) is 13.8. The van der Waals surface area contributed by atoms with Crippen LogP contribution < -0.4 is 9.80 Å². The van der Waals surface area contributed by atoms with Crippen LogP contribution in [0.3, 0.4) is 0 Å². The van der Waals surface area contributed by atoms with E-state index in [1.807, 2.05) is 18.1 Å². The molecule has 1 aromatic carbocycles. The molecule has 0 amide bonds. The van der Waals surface area contributed by atoms with Gasteiger partial charge in [-0.1, -0.05) is 11.8 Å². The van der Waals surface area contributed by atoms with E-state index in [2.05, 4.69) is 14.9 Å². The number of fused-ring (bicyclic) bond motifs is 1. The Kier molecular flexibility index (Phi) is 4.52. The minimum atomic E-state index is -0.832. The maximum atomic E-state index is 13.6. The molecule has 0 fully saturated rings. The van der Waals surface area contributed by atoms with Crippen LogP contribution in [0.5, 0.6) is 0 Å². The fourth-order valence-corrected chi connectivity index (χ4v) is 2.99. The second-order valence-corrected chi connectivity index (χ2v) is 6.07. The molecule has 0 atom stereocenters. The molecule has 0 N–H and O–H groups in total. The Hall–Kier alpha value is -2.42. The highest BCUT2D eigenvalue weighted by Gasteiger charge is 2.25. The maximum absolute atomic E-state index is 13.6. The molecule has 1 aromatic heterocycles. The summed E-state index contributed by atoms with van der Waals surface area (Å²) in [6.07, 6.45) is 3.70. The molecule has 126 valence electrons. The van der Waals surface area contributed by atoms with Gasteiger partial charge < -0.3 is 9.80 Å². The standard InChI is InChI=1S/C15H16FN5O2S/c1-3-19-9-20(8-10-7-17-15(24-2)18-14(10)19)11-4-5-12(16)13(6-11)21(22)23/h4-7H,3,8-9H2,1-2H3. The van der Waals surface area contributed by atoms with Crippen LogP contribution in [0.2, 0.25) is 0 Å². The molecule has 0 saturated heterocycles. The van der Waals surface area contributed by atoms with Gasteiger partial charge >= 0.3 is 5.69 Å². The third-order valence-corrected chi connectivity index (χ3v) is 4.44. The molecular formula is C15H16FN5O2S. The van der Waals surface area contributed by atoms with Gasteiger partial charge in [0.2, 0.25) is 5.82 Å². The quantitative estimate of drug-likeness (QED) is 0.363. The van der Waals surface area contributed by atoms with Crippen molar-refractivity contribution in [3.05, 3.63) is 45.9 Å². The van der Waals surface area contributed by atoms with Gasteiger partial charge in [0.1, 0.15) is 5.82 Å². The maximum Gasteiger partial charge on any atom is 0.306 e. The van der Waals surface area contributed by atoms with Crippen LogP contribution in [0.25, 0.3) is 0 Å². The van der Waals surface area contributed by atoms with E-state index in [0.717, 1.165) is 24.0 Å². The van der Waals surface area contributed by atoms with E-state index in [1.54, 1.807) is 12.3 Å². The molecule has 1 aliphatic rings. The minimum Gasteiger partial charge on any atom is -0.349 e. The first-order valence-corrected chi connectivity index (χ1v) is 8.59. The molecule has 0 spiro atoms. The summed E-state index contributed by atoms with van der Waals surface area (Å²) in [4.78, 5) is 23.1. The van der Waals surface area contributed by atoms with Crippen molar-refractivity contribution in [3.8, 4) is 0 Å². The van der Waals surface area contributed by atoms with E-state index in [9.17, 15) is 14.5 Å². The summed E-state index contributed by atoms with van der Waals surface area (Å²) in [6, 6.07) is 3.95. The van der Waals surface area contributed by atoms with E-state index in [-0.39, 0.29) is 0 Å². The van der Waals surface area contributed by atoms with Gasteiger partial charge in [0, 0.05) is 36.6 Å². The monoisotopic (exact) mass is 349 g/mol. The van der Waals surface area contributed by atoms with E-state index >= 15 is 0 Å². The third kappa shape index (κ3) is 2.99. The van der Waals surface area contributed by atoms with Gasteiger partial charge in [0.25, 0.3) is 0 Å². The van der Waals surface area contributed by atoms with Gasteiger partial charge in [0.05, 0.1) is 11.6 Å². The average Bonchev–Trinajstić information content (AvgIpc) is 2.60. The molecular weight excluding hydrogens is 333 g/mol. The van der Waals surface area contributed by atoms with Crippen LogP contribution in [0, 0.1) is 15.9 Å². The molecule has 9 heteroatoms. The van der Waals surface area contributed by atoms with Crippen molar-refractivity contribution < 1.29 is 9.31 Å². The Labute approximate surface area is 142 Å². The number of hydrogen-bond donors (Lipinski definition) is 0. The number of nitrogens with zero attached hydrogens (tertiary/aromatic N) is 5. The number of rotatable bonds is 4. The Morgan fingerprint density at radius 3 is 2.92 bits per heavy atom. The first-order chi connectivity index (χ1) is 11.5. The van der Waals surface area contributed by atoms with Crippen molar-refractivity contribution in [1.82, 2.24) is 9.97 Å². The van der Waals surface area contributed by atoms with Crippen LogP contribution in [-0.4, -0.2) is 34.4 Å². The van der Waals surface area contributed by atoms with Crippen molar-refractivity contribution >= 4 is 29.0 Å². The van der Waals surface area contributed by atoms with Gasteiger partial charge in [-0.25, -0.2) is 9.97 Å². The molecule has 3 rings (SSSR count). The van der Waals surface area contributed by atoms with Crippen LogP contribution in [0.15, 0.2) is 29.6 Å². The smallest absolute Gasteiger partial charge is 0.306 e. The predicted molar refractivity (Wildman–Crippen MR) is 90.9 cm³/mol. The lowest BCUT2D eigenvalue weighted by molar-refractivity contribution is -0.387. The lowest BCUT2D eigenvalue weighted by atomic mass is 10.2. The van der Waals surface area contributed by atoms with Gasteiger partial charge in [0.15, 0.2) is 5.16 Å². The Morgan fingerprint density at radius 2 is 2.25 bits per heavy atom. The minimum absolute atomic E-state index is 0.517. The number of halogens is 1.